The molecule has 0 aromatic carbocycles. The molecular formula is C6H8NaO6+. The van der Waals surface area contributed by atoms with Crippen molar-refractivity contribution in [2.75, 3.05) is 6.61 Å². The van der Waals surface area contributed by atoms with Gasteiger partial charge in [0.1, 0.15) is 6.10 Å². The van der Waals surface area contributed by atoms with Crippen molar-refractivity contribution in [3.8, 4) is 0 Å². The van der Waals surface area contributed by atoms with Crippen LogP contribution >= 0.6 is 0 Å². The minimum absolute atomic E-state index is 0. The molecule has 1 aliphatic heterocycles. The van der Waals surface area contributed by atoms with Gasteiger partial charge in [0.2, 0.25) is 5.76 Å². The molecule has 0 amide bonds. The second-order valence-corrected chi connectivity index (χ2v) is 2.31. The quantitative estimate of drug-likeness (QED) is 0.264. The van der Waals surface area contributed by atoms with Crippen molar-refractivity contribution in [3.05, 3.63) is 11.5 Å². The van der Waals surface area contributed by atoms with Gasteiger partial charge in [0, 0.05) is 0 Å². The summed E-state index contributed by atoms with van der Waals surface area (Å²) in [7, 11) is 0. The molecule has 0 aromatic rings. The maximum Gasteiger partial charge on any atom is 1.00 e. The molecule has 2 atom stereocenters. The Hall–Kier alpha value is -0.270. The maximum absolute atomic E-state index is 10.5. The molecule has 0 aromatic heterocycles. The monoisotopic (exact) mass is 199 g/mol. The molecule has 0 saturated carbocycles. The first-order valence-electron chi connectivity index (χ1n) is 3.20. The number of aliphatic hydroxyl groups is 4. The standard InChI is InChI=1S/C6H8O6.Na/c7-1-2(8)5-3(9)4(10)6(11)12-5;/h2,5,7-10H,1H2;/q;+1/t2-,5-;/m1./s1. The molecule has 0 radical (unpaired) electrons. The third-order valence-corrected chi connectivity index (χ3v) is 1.48. The van der Waals surface area contributed by atoms with E-state index in [2.05, 4.69) is 4.74 Å². The Balaban J connectivity index is 0.00000144. The average molecular weight is 199 g/mol. The van der Waals surface area contributed by atoms with Gasteiger partial charge in [-0.05, 0) is 0 Å². The number of hydrogen-bond acceptors (Lipinski definition) is 6. The minimum atomic E-state index is -1.42. The first-order chi connectivity index (χ1) is 5.57. The number of carbonyl (C=O) groups is 1. The number of cyclic esters (lactones) is 1. The smallest absolute Gasteiger partial charge is 0.505 e. The van der Waals surface area contributed by atoms with Gasteiger partial charge in [0.25, 0.3) is 0 Å². The SMILES string of the molecule is O=C1O[C@H]([C@H](O)CO)C(O)=C1O.[Na+]. The van der Waals surface area contributed by atoms with Crippen LogP contribution in [0.4, 0.5) is 0 Å². The van der Waals surface area contributed by atoms with Crippen molar-refractivity contribution in [1.82, 2.24) is 0 Å². The average Bonchev–Trinajstić information content (AvgIpc) is 2.32. The van der Waals surface area contributed by atoms with Gasteiger partial charge in [0.05, 0.1) is 6.61 Å². The molecule has 0 bridgehead atoms. The summed E-state index contributed by atoms with van der Waals surface area (Å²) in [6, 6.07) is 0. The first kappa shape index (κ1) is 12.7. The Labute approximate surface area is 95.7 Å². The van der Waals surface area contributed by atoms with Gasteiger partial charge < -0.3 is 25.2 Å². The summed E-state index contributed by atoms with van der Waals surface area (Å²) < 4.78 is 4.32. The molecule has 13 heavy (non-hydrogen) atoms. The van der Waals surface area contributed by atoms with Crippen LogP contribution in [0, 0.1) is 0 Å². The Morgan fingerprint density at radius 3 is 2.31 bits per heavy atom. The molecule has 6 nitrogen and oxygen atoms in total. The van der Waals surface area contributed by atoms with E-state index >= 15 is 0 Å². The molecule has 4 N–H and O–H groups in total. The van der Waals surface area contributed by atoms with Crippen molar-refractivity contribution in [1.29, 1.82) is 0 Å². The summed E-state index contributed by atoms with van der Waals surface area (Å²) in [5, 5.41) is 35.0. The van der Waals surface area contributed by atoms with Gasteiger partial charge in [-0.3, -0.25) is 0 Å². The molecule has 1 rings (SSSR count). The van der Waals surface area contributed by atoms with Crippen molar-refractivity contribution in [2.45, 2.75) is 12.2 Å². The minimum Gasteiger partial charge on any atom is -0.505 e. The van der Waals surface area contributed by atoms with E-state index in [0.717, 1.165) is 0 Å². The van der Waals surface area contributed by atoms with Gasteiger partial charge in [-0.1, -0.05) is 0 Å². The van der Waals surface area contributed by atoms with Crippen molar-refractivity contribution < 1.29 is 59.5 Å². The van der Waals surface area contributed by atoms with Crippen molar-refractivity contribution in [2.24, 2.45) is 0 Å². The second kappa shape index (κ2) is 4.83. The predicted octanol–water partition coefficient (Wildman–Crippen LogP) is -4.40. The molecule has 1 aliphatic rings. The molecular weight excluding hydrogens is 191 g/mol. The zero-order valence-corrected chi connectivity index (χ0v) is 8.97. The second-order valence-electron chi connectivity index (χ2n) is 2.31. The van der Waals surface area contributed by atoms with Crippen LogP contribution in [0.15, 0.2) is 11.5 Å². The number of ether oxygens (including phenoxy) is 1. The van der Waals surface area contributed by atoms with E-state index in [0.29, 0.717) is 0 Å². The zero-order chi connectivity index (χ0) is 9.30. The van der Waals surface area contributed by atoms with Gasteiger partial charge in [-0.25, -0.2) is 4.79 Å². The van der Waals surface area contributed by atoms with Crippen LogP contribution in [0.25, 0.3) is 0 Å². The summed E-state index contributed by atoms with van der Waals surface area (Å²) >= 11 is 0. The van der Waals surface area contributed by atoms with Crippen molar-refractivity contribution in [3.63, 3.8) is 0 Å². The van der Waals surface area contributed by atoms with Crippen LogP contribution in [0.3, 0.4) is 0 Å². The fourth-order valence-corrected chi connectivity index (χ4v) is 0.823. The maximum atomic E-state index is 10.5. The molecule has 0 spiro atoms. The fourth-order valence-electron chi connectivity index (χ4n) is 0.823. The zero-order valence-electron chi connectivity index (χ0n) is 6.97. The number of rotatable bonds is 2. The summed E-state index contributed by atoms with van der Waals surface area (Å²) in [6.45, 7) is -0.671. The largest absolute Gasteiger partial charge is 1.00 e. The topological polar surface area (TPSA) is 107 Å². The Morgan fingerprint density at radius 2 is 2.00 bits per heavy atom. The van der Waals surface area contributed by atoms with Crippen LogP contribution in [-0.4, -0.2) is 45.2 Å². The van der Waals surface area contributed by atoms with E-state index in [1.165, 1.54) is 0 Å². The molecule has 0 unspecified atom stereocenters. The van der Waals surface area contributed by atoms with E-state index in [-0.39, 0.29) is 29.6 Å². The molecule has 1 heterocycles. The Morgan fingerprint density at radius 1 is 1.46 bits per heavy atom. The number of hydrogen-bond donors (Lipinski definition) is 4. The molecule has 0 saturated heterocycles. The summed E-state index contributed by atoms with van der Waals surface area (Å²) in [4.78, 5) is 10.5. The van der Waals surface area contributed by atoms with Crippen LogP contribution in [-0.2, 0) is 9.53 Å². The van der Waals surface area contributed by atoms with Crippen LogP contribution < -0.4 is 29.6 Å². The molecule has 68 valence electrons. The van der Waals surface area contributed by atoms with E-state index in [1.807, 2.05) is 0 Å². The normalized spacial score (nSPS) is 23.8. The van der Waals surface area contributed by atoms with Gasteiger partial charge in [-0.2, -0.15) is 0 Å². The summed E-state index contributed by atoms with van der Waals surface area (Å²) in [5.41, 5.74) is 0. The Kier molecular flexibility index (Phi) is 4.72. The van der Waals surface area contributed by atoms with Crippen molar-refractivity contribution >= 4 is 5.97 Å². The third-order valence-electron chi connectivity index (χ3n) is 1.48. The molecule has 0 aliphatic carbocycles. The van der Waals surface area contributed by atoms with Gasteiger partial charge in [0.15, 0.2) is 11.9 Å². The summed E-state index contributed by atoms with van der Waals surface area (Å²) in [5.74, 6) is -2.78. The van der Waals surface area contributed by atoms with Gasteiger partial charge in [-0.15, -0.1) is 0 Å². The number of esters is 1. The van der Waals surface area contributed by atoms with E-state index < -0.39 is 36.3 Å². The van der Waals surface area contributed by atoms with Crippen LogP contribution in [0.1, 0.15) is 0 Å². The van der Waals surface area contributed by atoms with Crippen LogP contribution in [0.2, 0.25) is 0 Å². The predicted molar refractivity (Wildman–Crippen MR) is 35.3 cm³/mol. The van der Waals surface area contributed by atoms with E-state index in [4.69, 9.17) is 20.4 Å². The number of carbonyl (C=O) groups excluding carboxylic acids is 1. The van der Waals surface area contributed by atoms with Gasteiger partial charge >= 0.3 is 35.5 Å². The van der Waals surface area contributed by atoms with Crippen LogP contribution in [0.5, 0.6) is 0 Å². The van der Waals surface area contributed by atoms with E-state index in [9.17, 15) is 4.79 Å². The number of aliphatic hydroxyl groups excluding tert-OH is 4. The third kappa shape index (κ3) is 2.35. The van der Waals surface area contributed by atoms with E-state index in [1.54, 1.807) is 0 Å². The first-order valence-corrected chi connectivity index (χ1v) is 3.20. The Bertz CT molecular complexity index is 237. The molecule has 7 heteroatoms. The summed E-state index contributed by atoms with van der Waals surface area (Å²) in [6.07, 6.45) is -2.78. The molecule has 0 fully saturated rings. The fraction of sp³-hybridized carbons (Fsp3) is 0.500.